The van der Waals surface area contributed by atoms with Crippen molar-refractivity contribution < 1.29 is 44.1 Å². The number of hydrogen-bond acceptors (Lipinski definition) is 1. The summed E-state index contributed by atoms with van der Waals surface area (Å²) in [7, 11) is 0. The number of para-hydroxylation sites is 1. The van der Waals surface area contributed by atoms with Crippen molar-refractivity contribution in [1.82, 2.24) is 0 Å². The van der Waals surface area contributed by atoms with Crippen LogP contribution in [0.5, 0.6) is 0 Å². The summed E-state index contributed by atoms with van der Waals surface area (Å²) in [6.45, 7) is 6.21. The number of hydrogen-bond donors (Lipinski definition) is 1. The van der Waals surface area contributed by atoms with Gasteiger partial charge in [-0.1, -0.05) is 24.8 Å². The van der Waals surface area contributed by atoms with Crippen molar-refractivity contribution in [2.45, 2.75) is 24.8 Å². The van der Waals surface area contributed by atoms with Gasteiger partial charge in [-0.05, 0) is 30.9 Å². The monoisotopic (exact) mass is 440 g/mol. The predicted octanol–water partition coefficient (Wildman–Crippen LogP) is 3.42. The largest absolute Gasteiger partial charge is 0.662 e. The molecule has 2 nitrogen and oxygen atoms in total. The first-order chi connectivity index (χ1) is 7.79. The van der Waals surface area contributed by atoms with Crippen LogP contribution in [0.4, 0.5) is 5.69 Å². The molecule has 1 aromatic rings. The number of piperidine rings is 1. The van der Waals surface area contributed by atoms with Crippen LogP contribution >= 0.6 is 0 Å². The molecule has 3 heteroatoms. The molecule has 0 unspecified atom stereocenters. The van der Waals surface area contributed by atoms with Crippen molar-refractivity contribution in [2.75, 3.05) is 18.4 Å². The molecule has 1 spiro atoms. The Morgan fingerprint density at radius 1 is 1.18 bits per heavy atom. The van der Waals surface area contributed by atoms with Gasteiger partial charge >= 0.3 is 0 Å². The standard InChI is InChI=1S/C14H17N2.Ac/c1-11-10-14(6-8-15-9-7-14)16-13-5-3-2-4-12(11)13;/h2-5,16H,1,6-10H2;/q-1;. The van der Waals surface area contributed by atoms with Crippen LogP contribution in [0.1, 0.15) is 24.8 Å². The summed E-state index contributed by atoms with van der Waals surface area (Å²) in [5, 5.41) is 8.16. The molecule has 0 saturated carbocycles. The molecule has 0 atom stereocenters. The van der Waals surface area contributed by atoms with Crippen molar-refractivity contribution in [3.63, 3.8) is 0 Å². The van der Waals surface area contributed by atoms with Crippen molar-refractivity contribution in [3.05, 3.63) is 41.7 Å². The average molecular weight is 440 g/mol. The molecule has 1 aromatic carbocycles. The summed E-state index contributed by atoms with van der Waals surface area (Å²) >= 11 is 0. The maximum atomic E-state index is 4.44. The Kier molecular flexibility index (Phi) is 4.34. The van der Waals surface area contributed by atoms with Crippen molar-refractivity contribution in [3.8, 4) is 0 Å². The molecule has 0 aliphatic carbocycles. The van der Waals surface area contributed by atoms with E-state index in [4.69, 9.17) is 0 Å². The normalized spacial score (nSPS) is 21.3. The van der Waals surface area contributed by atoms with Crippen LogP contribution in [0.3, 0.4) is 0 Å². The van der Waals surface area contributed by atoms with E-state index in [0.717, 1.165) is 32.4 Å². The van der Waals surface area contributed by atoms with E-state index in [-0.39, 0.29) is 49.6 Å². The third-order valence-corrected chi connectivity index (χ3v) is 3.76. The fourth-order valence-electron chi connectivity index (χ4n) is 2.86. The van der Waals surface area contributed by atoms with Gasteiger partial charge in [-0.2, -0.15) is 0 Å². The minimum absolute atomic E-state index is 0. The smallest absolute Gasteiger partial charge is 0.0420 e. The Balaban J connectivity index is 0.00000108. The predicted molar refractivity (Wildman–Crippen MR) is 68.8 cm³/mol. The number of rotatable bonds is 0. The molecular formula is C14H17AcN2-. The molecule has 0 amide bonds. The zero-order valence-electron chi connectivity index (χ0n) is 10.1. The molecule has 17 heavy (non-hydrogen) atoms. The van der Waals surface area contributed by atoms with Crippen LogP contribution in [-0.4, -0.2) is 18.6 Å². The number of anilines is 1. The number of nitrogens with one attached hydrogen (secondary N) is 1. The van der Waals surface area contributed by atoms with Crippen molar-refractivity contribution in [2.24, 2.45) is 0 Å². The summed E-state index contributed by atoms with van der Waals surface area (Å²) in [5.41, 5.74) is 4.04. The number of nitrogens with zero attached hydrogens (tertiary/aromatic N) is 1. The molecule has 0 bridgehead atoms. The van der Waals surface area contributed by atoms with Crippen LogP contribution in [0, 0.1) is 44.1 Å². The van der Waals surface area contributed by atoms with Crippen LogP contribution in [0.25, 0.3) is 10.9 Å². The van der Waals surface area contributed by atoms with Gasteiger partial charge < -0.3 is 10.6 Å². The number of fused-ring (bicyclic) bond motifs is 1. The van der Waals surface area contributed by atoms with E-state index in [2.05, 4.69) is 41.5 Å². The Bertz CT molecular complexity index is 422. The van der Waals surface area contributed by atoms with Gasteiger partial charge in [-0.15, -0.1) is 13.1 Å². The first-order valence-electron chi connectivity index (χ1n) is 5.98. The van der Waals surface area contributed by atoms with E-state index in [1.165, 1.54) is 16.8 Å². The zero-order valence-corrected chi connectivity index (χ0v) is 14.8. The second-order valence-electron chi connectivity index (χ2n) is 4.90. The fourth-order valence-corrected chi connectivity index (χ4v) is 2.86. The maximum absolute atomic E-state index is 4.44. The van der Waals surface area contributed by atoms with Gasteiger partial charge in [0.15, 0.2) is 0 Å². The number of benzene rings is 1. The SMILES string of the molecule is C=C1CC2(CC[N-]CC2)Nc2ccccc21.[Ac]. The molecule has 1 radical (unpaired) electrons. The Hall–Kier alpha value is 0.162. The van der Waals surface area contributed by atoms with E-state index in [9.17, 15) is 0 Å². The summed E-state index contributed by atoms with van der Waals surface area (Å²) in [4.78, 5) is 0. The van der Waals surface area contributed by atoms with Crippen LogP contribution in [0.15, 0.2) is 30.8 Å². The average Bonchev–Trinajstić information content (AvgIpc) is 2.30. The zero-order chi connectivity index (χ0) is 11.0. The molecule has 0 aromatic heterocycles. The molecule has 1 fully saturated rings. The van der Waals surface area contributed by atoms with E-state index in [1.807, 2.05) is 0 Å². The van der Waals surface area contributed by atoms with Crippen LogP contribution < -0.4 is 5.32 Å². The van der Waals surface area contributed by atoms with Crippen LogP contribution in [-0.2, 0) is 0 Å². The van der Waals surface area contributed by atoms with Crippen molar-refractivity contribution >= 4 is 11.3 Å². The van der Waals surface area contributed by atoms with Gasteiger partial charge in [0.1, 0.15) is 0 Å². The summed E-state index contributed by atoms with van der Waals surface area (Å²) < 4.78 is 0. The maximum Gasteiger partial charge on any atom is 0.0420 e. The molecule has 1 N–H and O–H groups in total. The third-order valence-electron chi connectivity index (χ3n) is 3.76. The Labute approximate surface area is 139 Å². The van der Waals surface area contributed by atoms with E-state index in [0.29, 0.717) is 0 Å². The summed E-state index contributed by atoms with van der Waals surface area (Å²) in [6, 6.07) is 8.49. The van der Waals surface area contributed by atoms with E-state index < -0.39 is 0 Å². The molecule has 2 aliphatic heterocycles. The molecule has 1 saturated heterocycles. The summed E-state index contributed by atoms with van der Waals surface area (Å²) in [6.07, 6.45) is 3.35. The van der Waals surface area contributed by atoms with Gasteiger partial charge in [0.05, 0.1) is 0 Å². The Morgan fingerprint density at radius 2 is 1.88 bits per heavy atom. The van der Waals surface area contributed by atoms with Gasteiger partial charge in [0.25, 0.3) is 0 Å². The minimum atomic E-state index is 0. The quantitative estimate of drug-likeness (QED) is 0.658. The van der Waals surface area contributed by atoms with Crippen molar-refractivity contribution in [1.29, 1.82) is 0 Å². The molecule has 3 rings (SSSR count). The topological polar surface area (TPSA) is 26.1 Å². The second-order valence-corrected chi connectivity index (χ2v) is 4.90. The van der Waals surface area contributed by atoms with E-state index in [1.54, 1.807) is 0 Å². The fraction of sp³-hybridized carbons (Fsp3) is 0.429. The van der Waals surface area contributed by atoms with Gasteiger partial charge in [0, 0.05) is 60.9 Å². The first kappa shape index (κ1) is 13.6. The third kappa shape index (κ3) is 2.62. The van der Waals surface area contributed by atoms with Gasteiger partial charge in [-0.25, -0.2) is 0 Å². The Morgan fingerprint density at radius 3 is 2.65 bits per heavy atom. The van der Waals surface area contributed by atoms with Gasteiger partial charge in [0.2, 0.25) is 0 Å². The molecule has 2 aliphatic rings. The first-order valence-corrected chi connectivity index (χ1v) is 5.98. The minimum Gasteiger partial charge on any atom is -0.662 e. The van der Waals surface area contributed by atoms with Gasteiger partial charge in [-0.3, -0.25) is 0 Å². The second kappa shape index (κ2) is 5.43. The summed E-state index contributed by atoms with van der Waals surface area (Å²) in [5.74, 6) is 0. The van der Waals surface area contributed by atoms with Crippen LogP contribution in [0.2, 0.25) is 0 Å². The molecule has 87 valence electrons. The molecule has 2 heterocycles. The van der Waals surface area contributed by atoms with E-state index >= 15 is 0 Å². The molecular weight excluding hydrogens is 423 g/mol.